The monoisotopic (exact) mass is 337 g/mol. The molecule has 0 aliphatic heterocycles. The highest BCUT2D eigenvalue weighted by atomic mass is 16.5. The summed E-state index contributed by atoms with van der Waals surface area (Å²) in [5.41, 5.74) is 0.897. The zero-order valence-corrected chi connectivity index (χ0v) is 14.1. The Bertz CT molecular complexity index is 548. The van der Waals surface area contributed by atoms with E-state index in [-0.39, 0.29) is 25.7 Å². The summed E-state index contributed by atoms with van der Waals surface area (Å²) in [4.78, 5) is 38.9. The van der Waals surface area contributed by atoms with E-state index in [1.165, 1.54) is 7.11 Å². The van der Waals surface area contributed by atoms with Gasteiger partial charge in [-0.15, -0.1) is 0 Å². The molecule has 1 aromatic rings. The molecule has 0 aliphatic rings. The molecule has 8 heteroatoms. The number of aromatic nitrogens is 1. The maximum atomic E-state index is 11.8. The van der Waals surface area contributed by atoms with Gasteiger partial charge in [-0.2, -0.15) is 0 Å². The van der Waals surface area contributed by atoms with E-state index in [2.05, 4.69) is 20.4 Å². The molecule has 0 fully saturated rings. The first kappa shape index (κ1) is 19.6. The molecule has 1 aromatic heterocycles. The molecule has 132 valence electrons. The molecule has 1 atom stereocenters. The molecule has 24 heavy (non-hydrogen) atoms. The summed E-state index contributed by atoms with van der Waals surface area (Å²) in [6, 6.07) is 2.82. The van der Waals surface area contributed by atoms with Gasteiger partial charge in [0.25, 0.3) is 0 Å². The number of rotatable bonds is 9. The highest BCUT2D eigenvalue weighted by Crippen LogP contribution is 2.03. The fraction of sp³-hybridized carbons (Fsp3) is 0.500. The van der Waals surface area contributed by atoms with Crippen molar-refractivity contribution in [3.63, 3.8) is 0 Å². The van der Waals surface area contributed by atoms with Crippen LogP contribution in [0.5, 0.6) is 0 Å². The number of nitrogens with one attached hydrogen (secondary N) is 2. The van der Waals surface area contributed by atoms with Gasteiger partial charge in [-0.05, 0) is 23.6 Å². The normalized spacial score (nSPS) is 11.7. The van der Waals surface area contributed by atoms with Crippen molar-refractivity contribution >= 4 is 17.8 Å². The first-order valence-corrected chi connectivity index (χ1v) is 7.54. The molecule has 0 saturated heterocycles. The standard InChI is InChI=1S/C16H23N3O5/c1-11(2)15(16(22)23-3)19-13(20)8-18-14(21)10-24-9-12-4-6-17-7-5-12/h4-7,11,15H,8-10H2,1-3H3,(H,18,21)(H,19,20)/t15-/m1/s1. The van der Waals surface area contributed by atoms with Gasteiger partial charge < -0.3 is 20.1 Å². The molecule has 2 N–H and O–H groups in total. The minimum atomic E-state index is -0.748. The van der Waals surface area contributed by atoms with E-state index < -0.39 is 23.8 Å². The zero-order chi connectivity index (χ0) is 17.9. The first-order valence-electron chi connectivity index (χ1n) is 7.54. The van der Waals surface area contributed by atoms with Gasteiger partial charge in [0.05, 0.1) is 20.3 Å². The number of nitrogens with zero attached hydrogens (tertiary/aromatic N) is 1. The van der Waals surface area contributed by atoms with Crippen LogP contribution in [0.1, 0.15) is 19.4 Å². The van der Waals surface area contributed by atoms with Crippen LogP contribution in [-0.2, 0) is 30.5 Å². The Morgan fingerprint density at radius 3 is 2.42 bits per heavy atom. The fourth-order valence-electron chi connectivity index (χ4n) is 1.82. The topological polar surface area (TPSA) is 107 Å². The van der Waals surface area contributed by atoms with Crippen LogP contribution in [0.2, 0.25) is 0 Å². The van der Waals surface area contributed by atoms with Gasteiger partial charge in [-0.1, -0.05) is 13.8 Å². The number of hydrogen-bond acceptors (Lipinski definition) is 6. The molecule has 1 heterocycles. The largest absolute Gasteiger partial charge is 0.467 e. The number of amides is 2. The Balaban J connectivity index is 2.27. The summed E-state index contributed by atoms with van der Waals surface area (Å²) in [5.74, 6) is -1.54. The number of carbonyl (C=O) groups is 3. The molecule has 1 rings (SSSR count). The van der Waals surface area contributed by atoms with Crippen molar-refractivity contribution in [3.8, 4) is 0 Å². The predicted octanol–water partition coefficient (Wildman–Crippen LogP) is 0.0282. The summed E-state index contributed by atoms with van der Waals surface area (Å²) < 4.78 is 9.87. The van der Waals surface area contributed by atoms with E-state index >= 15 is 0 Å². The van der Waals surface area contributed by atoms with E-state index in [0.29, 0.717) is 0 Å². The van der Waals surface area contributed by atoms with E-state index in [4.69, 9.17) is 4.74 Å². The van der Waals surface area contributed by atoms with E-state index in [9.17, 15) is 14.4 Å². The summed E-state index contributed by atoms with van der Waals surface area (Å²) >= 11 is 0. The minimum Gasteiger partial charge on any atom is -0.467 e. The Hall–Kier alpha value is -2.48. The Morgan fingerprint density at radius 2 is 1.83 bits per heavy atom. The van der Waals surface area contributed by atoms with Gasteiger partial charge in [-0.25, -0.2) is 4.79 Å². The lowest BCUT2D eigenvalue weighted by molar-refractivity contribution is -0.146. The van der Waals surface area contributed by atoms with Crippen LogP contribution in [-0.4, -0.2) is 49.1 Å². The van der Waals surface area contributed by atoms with Crippen molar-refractivity contribution in [1.29, 1.82) is 0 Å². The van der Waals surface area contributed by atoms with Crippen LogP contribution in [0.25, 0.3) is 0 Å². The number of pyridine rings is 1. The van der Waals surface area contributed by atoms with Crippen LogP contribution in [0.15, 0.2) is 24.5 Å². The summed E-state index contributed by atoms with van der Waals surface area (Å²) in [6.45, 7) is 3.44. The number of hydrogen-bond donors (Lipinski definition) is 2. The van der Waals surface area contributed by atoms with Crippen LogP contribution in [0.4, 0.5) is 0 Å². The zero-order valence-electron chi connectivity index (χ0n) is 14.1. The maximum Gasteiger partial charge on any atom is 0.328 e. The Kier molecular flexibility index (Phi) is 8.42. The number of methoxy groups -OCH3 is 1. The van der Waals surface area contributed by atoms with Crippen molar-refractivity contribution < 1.29 is 23.9 Å². The second-order valence-electron chi connectivity index (χ2n) is 5.44. The van der Waals surface area contributed by atoms with Gasteiger partial charge in [0.15, 0.2) is 0 Å². The second-order valence-corrected chi connectivity index (χ2v) is 5.44. The molecule has 0 saturated carbocycles. The molecule has 0 spiro atoms. The minimum absolute atomic E-state index is 0.124. The third kappa shape index (κ3) is 7.19. The lowest BCUT2D eigenvalue weighted by Gasteiger charge is -2.19. The predicted molar refractivity (Wildman–Crippen MR) is 85.7 cm³/mol. The van der Waals surface area contributed by atoms with Crippen LogP contribution in [0, 0.1) is 5.92 Å². The van der Waals surface area contributed by atoms with Crippen molar-refractivity contribution in [1.82, 2.24) is 15.6 Å². The van der Waals surface area contributed by atoms with Crippen molar-refractivity contribution in [3.05, 3.63) is 30.1 Å². The average molecular weight is 337 g/mol. The summed E-state index contributed by atoms with van der Waals surface area (Å²) in [6.07, 6.45) is 3.27. The van der Waals surface area contributed by atoms with Gasteiger partial charge in [0.2, 0.25) is 11.8 Å². The summed E-state index contributed by atoms with van der Waals surface area (Å²) in [7, 11) is 1.26. The fourth-order valence-corrected chi connectivity index (χ4v) is 1.82. The first-order chi connectivity index (χ1) is 11.4. The smallest absolute Gasteiger partial charge is 0.328 e. The summed E-state index contributed by atoms with van der Waals surface area (Å²) in [5, 5.41) is 4.96. The molecular weight excluding hydrogens is 314 g/mol. The maximum absolute atomic E-state index is 11.8. The van der Waals surface area contributed by atoms with E-state index in [0.717, 1.165) is 5.56 Å². The van der Waals surface area contributed by atoms with Gasteiger partial charge in [0, 0.05) is 12.4 Å². The number of ether oxygens (including phenoxy) is 2. The molecular formula is C16H23N3O5. The second kappa shape index (κ2) is 10.3. The number of esters is 1. The van der Waals surface area contributed by atoms with Crippen molar-refractivity contribution in [2.75, 3.05) is 20.3 Å². The van der Waals surface area contributed by atoms with Crippen LogP contribution < -0.4 is 10.6 Å². The Morgan fingerprint density at radius 1 is 1.17 bits per heavy atom. The van der Waals surface area contributed by atoms with Crippen LogP contribution >= 0.6 is 0 Å². The van der Waals surface area contributed by atoms with Crippen LogP contribution in [0.3, 0.4) is 0 Å². The Labute approximate surface area is 140 Å². The van der Waals surface area contributed by atoms with Crippen molar-refractivity contribution in [2.45, 2.75) is 26.5 Å². The lowest BCUT2D eigenvalue weighted by Crippen LogP contribution is -2.48. The molecule has 0 aliphatic carbocycles. The van der Waals surface area contributed by atoms with Gasteiger partial charge in [0.1, 0.15) is 12.6 Å². The molecule has 0 radical (unpaired) electrons. The number of carbonyl (C=O) groups excluding carboxylic acids is 3. The highest BCUT2D eigenvalue weighted by Gasteiger charge is 2.24. The molecule has 0 unspecified atom stereocenters. The quantitative estimate of drug-likeness (QED) is 0.616. The molecule has 2 amide bonds. The van der Waals surface area contributed by atoms with Gasteiger partial charge in [-0.3, -0.25) is 14.6 Å². The molecule has 0 aromatic carbocycles. The lowest BCUT2D eigenvalue weighted by atomic mass is 10.0. The van der Waals surface area contributed by atoms with E-state index in [1.54, 1.807) is 38.4 Å². The third-order valence-corrected chi connectivity index (χ3v) is 3.14. The highest BCUT2D eigenvalue weighted by molar-refractivity contribution is 5.88. The SMILES string of the molecule is COC(=O)[C@H](NC(=O)CNC(=O)COCc1ccncc1)C(C)C. The third-order valence-electron chi connectivity index (χ3n) is 3.14. The molecule has 0 bridgehead atoms. The molecule has 8 nitrogen and oxygen atoms in total. The average Bonchev–Trinajstić information content (AvgIpc) is 2.58. The van der Waals surface area contributed by atoms with Gasteiger partial charge >= 0.3 is 5.97 Å². The van der Waals surface area contributed by atoms with Crippen molar-refractivity contribution in [2.24, 2.45) is 5.92 Å². The van der Waals surface area contributed by atoms with E-state index in [1.807, 2.05) is 0 Å².